The Kier molecular flexibility index (Phi) is 4.84. The lowest BCUT2D eigenvalue weighted by Crippen LogP contribution is -2.27. The van der Waals surface area contributed by atoms with E-state index >= 15 is 0 Å². The molecular formula is C15H23N3O2. The van der Waals surface area contributed by atoms with E-state index in [9.17, 15) is 9.90 Å². The first-order valence-electron chi connectivity index (χ1n) is 7.20. The summed E-state index contributed by atoms with van der Waals surface area (Å²) in [6.45, 7) is 2.67. The number of benzene rings is 1. The van der Waals surface area contributed by atoms with Crippen LogP contribution in [-0.2, 0) is 0 Å². The van der Waals surface area contributed by atoms with Crippen molar-refractivity contribution in [1.82, 2.24) is 5.32 Å². The van der Waals surface area contributed by atoms with Gasteiger partial charge in [0.2, 0.25) is 0 Å². The minimum absolute atomic E-state index is 0.0966. The van der Waals surface area contributed by atoms with E-state index in [1.54, 1.807) is 18.2 Å². The number of rotatable bonds is 5. The van der Waals surface area contributed by atoms with Gasteiger partial charge in [0.1, 0.15) is 0 Å². The van der Waals surface area contributed by atoms with Crippen LogP contribution in [0.4, 0.5) is 11.4 Å². The van der Waals surface area contributed by atoms with Gasteiger partial charge in [-0.2, -0.15) is 0 Å². The molecule has 2 rings (SSSR count). The molecule has 0 aliphatic heterocycles. The van der Waals surface area contributed by atoms with Gasteiger partial charge in [-0.1, -0.05) is 6.42 Å². The molecule has 20 heavy (non-hydrogen) atoms. The zero-order chi connectivity index (χ0) is 14.5. The van der Waals surface area contributed by atoms with E-state index in [0.717, 1.165) is 24.9 Å². The molecule has 1 amide bonds. The predicted octanol–water partition coefficient (Wildman–Crippen LogP) is 1.59. The average Bonchev–Trinajstić information content (AvgIpc) is 2.88. The summed E-state index contributed by atoms with van der Waals surface area (Å²) >= 11 is 0. The molecule has 0 bridgehead atoms. The van der Waals surface area contributed by atoms with E-state index in [1.165, 1.54) is 0 Å². The van der Waals surface area contributed by atoms with Crippen molar-refractivity contribution in [2.24, 2.45) is 5.92 Å². The maximum atomic E-state index is 11.8. The van der Waals surface area contributed by atoms with Crippen molar-refractivity contribution in [3.05, 3.63) is 23.8 Å². The van der Waals surface area contributed by atoms with Crippen molar-refractivity contribution in [3.8, 4) is 0 Å². The Morgan fingerprint density at radius 3 is 2.95 bits per heavy atom. The molecule has 1 aromatic rings. The predicted molar refractivity (Wildman–Crippen MR) is 80.7 cm³/mol. The monoisotopic (exact) mass is 277 g/mol. The highest BCUT2D eigenvalue weighted by Gasteiger charge is 2.26. The molecule has 0 aromatic heterocycles. The molecule has 5 nitrogen and oxygen atoms in total. The first kappa shape index (κ1) is 14.7. The molecule has 0 radical (unpaired) electrons. The quantitative estimate of drug-likeness (QED) is 0.616. The normalized spacial score (nSPS) is 21.7. The molecule has 1 saturated carbocycles. The average molecular weight is 277 g/mol. The molecule has 0 heterocycles. The van der Waals surface area contributed by atoms with Gasteiger partial charge in [-0.15, -0.1) is 0 Å². The standard InChI is InChI=1S/C15H23N3O2/c1-2-17-15(20)10-6-7-12(16)14(8-10)18-13-5-3-4-11(13)9-19/h6-8,11,13,18-19H,2-5,9,16H2,1H3,(H,17,20). The fourth-order valence-corrected chi connectivity index (χ4v) is 2.73. The summed E-state index contributed by atoms with van der Waals surface area (Å²) in [6, 6.07) is 5.49. The van der Waals surface area contributed by atoms with Crippen LogP contribution >= 0.6 is 0 Å². The summed E-state index contributed by atoms with van der Waals surface area (Å²) in [5.74, 6) is 0.170. The van der Waals surface area contributed by atoms with Gasteiger partial charge in [-0.05, 0) is 38.0 Å². The van der Waals surface area contributed by atoms with Crippen molar-refractivity contribution in [2.75, 3.05) is 24.2 Å². The van der Waals surface area contributed by atoms with E-state index in [4.69, 9.17) is 5.73 Å². The molecule has 1 fully saturated rings. The Bertz CT molecular complexity index is 476. The molecule has 0 spiro atoms. The smallest absolute Gasteiger partial charge is 0.251 e. The molecule has 2 atom stereocenters. The van der Waals surface area contributed by atoms with Crippen LogP contribution in [0.15, 0.2) is 18.2 Å². The summed E-state index contributed by atoms with van der Waals surface area (Å²) in [4.78, 5) is 11.8. The van der Waals surface area contributed by atoms with E-state index in [2.05, 4.69) is 10.6 Å². The molecule has 1 aliphatic carbocycles. The van der Waals surface area contributed by atoms with Gasteiger partial charge in [-0.3, -0.25) is 4.79 Å². The number of carbonyl (C=O) groups is 1. The highest BCUT2D eigenvalue weighted by Crippen LogP contribution is 2.30. The third-order valence-electron chi connectivity index (χ3n) is 3.89. The lowest BCUT2D eigenvalue weighted by Gasteiger charge is -2.21. The lowest BCUT2D eigenvalue weighted by atomic mass is 10.0. The number of anilines is 2. The minimum atomic E-state index is -0.0966. The first-order valence-corrected chi connectivity index (χ1v) is 7.20. The zero-order valence-electron chi connectivity index (χ0n) is 11.9. The number of hydrogen-bond donors (Lipinski definition) is 4. The summed E-state index contributed by atoms with van der Waals surface area (Å²) < 4.78 is 0. The second kappa shape index (κ2) is 6.61. The second-order valence-corrected chi connectivity index (χ2v) is 5.29. The van der Waals surface area contributed by atoms with Crippen LogP contribution in [0.5, 0.6) is 0 Å². The number of aliphatic hydroxyl groups excluding tert-OH is 1. The SMILES string of the molecule is CCNC(=O)c1ccc(N)c(NC2CCCC2CO)c1. The molecule has 5 N–H and O–H groups in total. The maximum absolute atomic E-state index is 11.8. The van der Waals surface area contributed by atoms with E-state index in [-0.39, 0.29) is 24.5 Å². The molecule has 2 unspecified atom stereocenters. The Labute approximate surface area is 119 Å². The van der Waals surface area contributed by atoms with E-state index in [1.807, 2.05) is 6.92 Å². The van der Waals surface area contributed by atoms with E-state index < -0.39 is 0 Å². The van der Waals surface area contributed by atoms with Crippen molar-refractivity contribution in [1.29, 1.82) is 0 Å². The number of aliphatic hydroxyl groups is 1. The third-order valence-corrected chi connectivity index (χ3v) is 3.89. The summed E-state index contributed by atoms with van der Waals surface area (Å²) in [6.07, 6.45) is 3.17. The molecule has 1 aromatic carbocycles. The number of amides is 1. The van der Waals surface area contributed by atoms with Crippen LogP contribution in [0.25, 0.3) is 0 Å². The Morgan fingerprint density at radius 2 is 2.25 bits per heavy atom. The zero-order valence-corrected chi connectivity index (χ0v) is 11.9. The number of nitrogens with one attached hydrogen (secondary N) is 2. The number of carbonyl (C=O) groups excluding carboxylic acids is 1. The highest BCUT2D eigenvalue weighted by molar-refractivity contribution is 5.96. The molecular weight excluding hydrogens is 254 g/mol. The Hall–Kier alpha value is -1.75. The van der Waals surface area contributed by atoms with Crippen molar-refractivity contribution in [2.45, 2.75) is 32.2 Å². The third kappa shape index (κ3) is 3.22. The van der Waals surface area contributed by atoms with Crippen LogP contribution in [0.3, 0.4) is 0 Å². The van der Waals surface area contributed by atoms with Gasteiger partial charge >= 0.3 is 0 Å². The largest absolute Gasteiger partial charge is 0.397 e. The van der Waals surface area contributed by atoms with Gasteiger partial charge in [0, 0.05) is 30.7 Å². The fourth-order valence-electron chi connectivity index (χ4n) is 2.73. The Morgan fingerprint density at radius 1 is 1.45 bits per heavy atom. The maximum Gasteiger partial charge on any atom is 0.251 e. The summed E-state index contributed by atoms with van der Waals surface area (Å²) in [5.41, 5.74) is 7.97. The number of nitrogen functional groups attached to an aromatic ring is 1. The molecule has 110 valence electrons. The summed E-state index contributed by atoms with van der Waals surface area (Å²) in [5, 5.41) is 15.5. The topological polar surface area (TPSA) is 87.4 Å². The Balaban J connectivity index is 2.14. The first-order chi connectivity index (χ1) is 9.65. The highest BCUT2D eigenvalue weighted by atomic mass is 16.3. The number of nitrogens with two attached hydrogens (primary N) is 1. The fraction of sp³-hybridized carbons (Fsp3) is 0.533. The minimum Gasteiger partial charge on any atom is -0.397 e. The second-order valence-electron chi connectivity index (χ2n) is 5.29. The van der Waals surface area contributed by atoms with Gasteiger partial charge in [0.15, 0.2) is 0 Å². The lowest BCUT2D eigenvalue weighted by molar-refractivity contribution is 0.0956. The molecule has 1 aliphatic rings. The van der Waals surface area contributed by atoms with Crippen LogP contribution < -0.4 is 16.4 Å². The van der Waals surface area contributed by atoms with Gasteiger partial charge in [0.25, 0.3) is 5.91 Å². The van der Waals surface area contributed by atoms with Crippen molar-refractivity contribution < 1.29 is 9.90 Å². The van der Waals surface area contributed by atoms with Crippen molar-refractivity contribution in [3.63, 3.8) is 0 Å². The van der Waals surface area contributed by atoms with Crippen LogP contribution in [0, 0.1) is 5.92 Å². The molecule has 5 heteroatoms. The molecule has 0 saturated heterocycles. The number of hydrogen-bond acceptors (Lipinski definition) is 4. The van der Waals surface area contributed by atoms with Gasteiger partial charge in [-0.25, -0.2) is 0 Å². The summed E-state index contributed by atoms with van der Waals surface area (Å²) in [7, 11) is 0. The van der Waals surface area contributed by atoms with Gasteiger partial charge in [0.05, 0.1) is 11.4 Å². The van der Waals surface area contributed by atoms with Gasteiger partial charge < -0.3 is 21.5 Å². The van der Waals surface area contributed by atoms with Crippen molar-refractivity contribution >= 4 is 17.3 Å². The van der Waals surface area contributed by atoms with Crippen LogP contribution in [0.2, 0.25) is 0 Å². The van der Waals surface area contributed by atoms with Crippen LogP contribution in [0.1, 0.15) is 36.5 Å². The van der Waals surface area contributed by atoms with Crippen LogP contribution in [-0.4, -0.2) is 30.2 Å². The van der Waals surface area contributed by atoms with E-state index in [0.29, 0.717) is 17.8 Å².